The Morgan fingerprint density at radius 1 is 1.27 bits per heavy atom. The predicted octanol–water partition coefficient (Wildman–Crippen LogP) is 3.00. The van der Waals surface area contributed by atoms with Gasteiger partial charge in [-0.2, -0.15) is 5.10 Å². The van der Waals surface area contributed by atoms with Crippen LogP contribution >= 0.6 is 0 Å². The molecule has 2 aromatic heterocycles. The number of methoxy groups -OCH3 is 1. The van der Waals surface area contributed by atoms with Gasteiger partial charge in [0.2, 0.25) is 5.91 Å². The van der Waals surface area contributed by atoms with Crippen LogP contribution in [-0.4, -0.2) is 44.5 Å². The molecule has 0 saturated heterocycles. The molecule has 0 radical (unpaired) electrons. The number of fused-ring (bicyclic) bond motifs is 1. The first kappa shape index (κ1) is 19.1. The van der Waals surface area contributed by atoms with Gasteiger partial charge in [-0.15, -0.1) is 0 Å². The quantitative estimate of drug-likeness (QED) is 0.830. The maximum atomic E-state index is 12.7. The lowest BCUT2D eigenvalue weighted by Gasteiger charge is -2.29. The van der Waals surface area contributed by atoms with E-state index in [2.05, 4.69) is 46.1 Å². The van der Waals surface area contributed by atoms with E-state index < -0.39 is 0 Å². The zero-order valence-corrected chi connectivity index (χ0v) is 17.6. The molecule has 3 heterocycles. The Morgan fingerprint density at radius 2 is 2.10 bits per heavy atom. The number of nitrogens with zero attached hydrogens (tertiary/aromatic N) is 4. The van der Waals surface area contributed by atoms with E-state index >= 15 is 0 Å². The van der Waals surface area contributed by atoms with Gasteiger partial charge >= 0.3 is 0 Å². The third-order valence-electron chi connectivity index (χ3n) is 6.37. The highest BCUT2D eigenvalue weighted by Crippen LogP contribution is 2.39. The van der Waals surface area contributed by atoms with Crippen molar-refractivity contribution in [3.05, 3.63) is 59.4 Å². The molecule has 3 atom stereocenters. The summed E-state index contributed by atoms with van der Waals surface area (Å²) in [5.41, 5.74) is 3.19. The molecule has 30 heavy (non-hydrogen) atoms. The molecule has 2 unspecified atom stereocenters. The van der Waals surface area contributed by atoms with Crippen LogP contribution in [0.15, 0.2) is 48.0 Å². The molecular formula is C23H27N5O2. The Kier molecular flexibility index (Phi) is 4.70. The van der Waals surface area contributed by atoms with Crippen LogP contribution < -0.4 is 5.32 Å². The molecule has 2 aliphatic carbocycles. The van der Waals surface area contributed by atoms with Crippen molar-refractivity contribution in [2.24, 2.45) is 5.92 Å². The van der Waals surface area contributed by atoms with Crippen molar-refractivity contribution in [1.82, 2.24) is 24.6 Å². The van der Waals surface area contributed by atoms with Gasteiger partial charge < -0.3 is 14.6 Å². The van der Waals surface area contributed by atoms with Gasteiger partial charge in [0.25, 0.3) is 0 Å². The Bertz CT molecular complexity index is 1070. The fourth-order valence-corrected chi connectivity index (χ4v) is 4.47. The van der Waals surface area contributed by atoms with Gasteiger partial charge in [-0.05, 0) is 37.3 Å². The van der Waals surface area contributed by atoms with E-state index in [1.54, 1.807) is 7.11 Å². The summed E-state index contributed by atoms with van der Waals surface area (Å²) in [6.45, 7) is 4.96. The molecule has 5 rings (SSSR count). The number of nitrogens with one attached hydrogen (secondary N) is 1. The van der Waals surface area contributed by atoms with Crippen molar-refractivity contribution in [2.45, 2.75) is 51.3 Å². The average molecular weight is 406 g/mol. The van der Waals surface area contributed by atoms with Crippen LogP contribution in [0.4, 0.5) is 0 Å². The number of carbonyl (C=O) groups excluding carboxylic acids is 1. The van der Waals surface area contributed by atoms with Crippen molar-refractivity contribution in [2.75, 3.05) is 7.11 Å². The second-order valence-corrected chi connectivity index (χ2v) is 8.48. The van der Waals surface area contributed by atoms with Gasteiger partial charge in [0.05, 0.1) is 25.0 Å². The summed E-state index contributed by atoms with van der Waals surface area (Å²) in [4.78, 5) is 17.2. The fraction of sp³-hybridized carbons (Fsp3) is 0.435. The molecule has 1 aliphatic heterocycles. The fourth-order valence-electron chi connectivity index (χ4n) is 4.47. The van der Waals surface area contributed by atoms with Crippen molar-refractivity contribution in [3.8, 4) is 5.82 Å². The van der Waals surface area contributed by atoms with Crippen molar-refractivity contribution in [3.63, 3.8) is 0 Å². The number of carbonyl (C=O) groups is 1. The number of allylic oxidation sites excluding steroid dienone is 3. The molecule has 1 N–H and O–H groups in total. The molecular weight excluding hydrogens is 378 g/mol. The first-order chi connectivity index (χ1) is 14.5. The van der Waals surface area contributed by atoms with E-state index in [0.717, 1.165) is 35.6 Å². The smallest absolute Gasteiger partial charge is 0.247 e. The topological polar surface area (TPSA) is 74.0 Å². The lowest BCUT2D eigenvalue weighted by atomic mass is 9.75. The van der Waals surface area contributed by atoms with E-state index in [4.69, 9.17) is 4.74 Å². The Balaban J connectivity index is 1.41. The summed E-state index contributed by atoms with van der Waals surface area (Å²) < 4.78 is 9.48. The maximum Gasteiger partial charge on any atom is 0.247 e. The van der Waals surface area contributed by atoms with E-state index in [1.807, 2.05) is 35.3 Å². The van der Waals surface area contributed by atoms with E-state index in [1.165, 1.54) is 5.57 Å². The van der Waals surface area contributed by atoms with Gasteiger partial charge in [-0.1, -0.05) is 30.7 Å². The summed E-state index contributed by atoms with van der Waals surface area (Å²) in [6, 6.07) is 0.358. The summed E-state index contributed by atoms with van der Waals surface area (Å²) >= 11 is 0. The SMILES string of the molecule is COC1C=Cc2ncc(-n3cc([C@H]4C(C)=CC=C(C(=O)NC5CC5)C4C)cn3)n2C1. The third kappa shape index (κ3) is 3.33. The highest BCUT2D eigenvalue weighted by molar-refractivity contribution is 5.95. The molecule has 7 nitrogen and oxygen atoms in total. The van der Waals surface area contributed by atoms with Crippen LogP contribution in [0, 0.1) is 5.92 Å². The van der Waals surface area contributed by atoms with Crippen LogP contribution in [0.3, 0.4) is 0 Å². The van der Waals surface area contributed by atoms with Crippen molar-refractivity contribution in [1.29, 1.82) is 0 Å². The zero-order valence-electron chi connectivity index (χ0n) is 17.6. The number of ether oxygens (including phenoxy) is 1. The van der Waals surface area contributed by atoms with Crippen LogP contribution in [0.2, 0.25) is 0 Å². The zero-order chi connectivity index (χ0) is 20.8. The second-order valence-electron chi connectivity index (χ2n) is 8.48. The molecule has 0 aromatic carbocycles. The number of imidazole rings is 1. The van der Waals surface area contributed by atoms with Crippen molar-refractivity contribution < 1.29 is 9.53 Å². The van der Waals surface area contributed by atoms with E-state index in [0.29, 0.717) is 12.6 Å². The maximum absolute atomic E-state index is 12.7. The first-order valence-corrected chi connectivity index (χ1v) is 10.6. The van der Waals surface area contributed by atoms with E-state index in [-0.39, 0.29) is 23.8 Å². The van der Waals surface area contributed by atoms with Crippen LogP contribution in [-0.2, 0) is 16.1 Å². The number of amides is 1. The molecule has 1 fully saturated rings. The summed E-state index contributed by atoms with van der Waals surface area (Å²) in [5.74, 6) is 2.09. The molecule has 3 aliphatic rings. The minimum absolute atomic E-state index is 0.0294. The van der Waals surface area contributed by atoms with Gasteiger partial charge in [0.1, 0.15) is 5.82 Å². The Hall–Kier alpha value is -2.93. The van der Waals surface area contributed by atoms with Gasteiger partial charge in [0.15, 0.2) is 5.82 Å². The average Bonchev–Trinajstić information content (AvgIpc) is 3.25. The molecule has 7 heteroatoms. The standard InChI is InChI=1S/C23H27N5O2/c1-14-4-8-19(23(29)26-17-5-6-17)15(2)22(14)16-10-25-28(12-16)21-11-24-20-9-7-18(30-3)13-27(20)21/h4,7-12,15,17-18,22H,5-6,13H2,1-3H3,(H,26,29)/t15?,18?,22-/m0/s1. The highest BCUT2D eigenvalue weighted by Gasteiger charge is 2.33. The van der Waals surface area contributed by atoms with Gasteiger partial charge in [-0.3, -0.25) is 4.79 Å². The first-order valence-electron chi connectivity index (χ1n) is 10.6. The highest BCUT2D eigenvalue weighted by atomic mass is 16.5. The van der Waals surface area contributed by atoms with Crippen LogP contribution in [0.5, 0.6) is 0 Å². The Labute approximate surface area is 176 Å². The monoisotopic (exact) mass is 405 g/mol. The third-order valence-corrected chi connectivity index (χ3v) is 6.37. The van der Waals surface area contributed by atoms with Crippen LogP contribution in [0.25, 0.3) is 11.9 Å². The number of aromatic nitrogens is 4. The summed E-state index contributed by atoms with van der Waals surface area (Å²) in [6.07, 6.45) is 16.1. The molecule has 1 saturated carbocycles. The minimum Gasteiger partial charge on any atom is -0.376 e. The molecule has 2 aromatic rings. The lowest BCUT2D eigenvalue weighted by Crippen LogP contribution is -2.32. The number of rotatable bonds is 5. The van der Waals surface area contributed by atoms with Gasteiger partial charge in [0, 0.05) is 30.8 Å². The van der Waals surface area contributed by atoms with Gasteiger partial charge in [-0.25, -0.2) is 9.67 Å². The minimum atomic E-state index is 0.0294. The Morgan fingerprint density at radius 3 is 2.87 bits per heavy atom. The molecule has 156 valence electrons. The summed E-state index contributed by atoms with van der Waals surface area (Å²) in [5, 5.41) is 7.76. The predicted molar refractivity (Wildman–Crippen MR) is 114 cm³/mol. The second kappa shape index (κ2) is 7.40. The number of hydrogen-bond acceptors (Lipinski definition) is 4. The molecule has 0 bridgehead atoms. The lowest BCUT2D eigenvalue weighted by molar-refractivity contribution is -0.118. The molecule has 0 spiro atoms. The normalized spacial score (nSPS) is 25.5. The van der Waals surface area contributed by atoms with Crippen LogP contribution in [0.1, 0.15) is 44.0 Å². The van der Waals surface area contributed by atoms with Crippen molar-refractivity contribution >= 4 is 12.0 Å². The largest absolute Gasteiger partial charge is 0.376 e. The van der Waals surface area contributed by atoms with E-state index in [9.17, 15) is 4.79 Å². The molecule has 1 amide bonds. The summed E-state index contributed by atoms with van der Waals surface area (Å²) in [7, 11) is 1.71. The number of hydrogen-bond donors (Lipinski definition) is 1.